The minimum absolute atomic E-state index is 0.0000602. The average Bonchev–Trinajstić information content (AvgIpc) is 3.02. The van der Waals surface area contributed by atoms with E-state index in [9.17, 15) is 13.2 Å². The van der Waals surface area contributed by atoms with Crippen LogP contribution in [0.1, 0.15) is 23.1 Å². The predicted octanol–water partition coefficient (Wildman–Crippen LogP) is 7.00. The zero-order valence-electron chi connectivity index (χ0n) is 13.6. The van der Waals surface area contributed by atoms with Crippen molar-refractivity contribution in [3.63, 3.8) is 0 Å². The van der Waals surface area contributed by atoms with E-state index in [1.807, 2.05) is 12.1 Å². The molecule has 2 aromatic rings. The number of fused-ring (bicyclic) bond motifs is 1. The van der Waals surface area contributed by atoms with Gasteiger partial charge in [-0.1, -0.05) is 6.07 Å². The summed E-state index contributed by atoms with van der Waals surface area (Å²) in [5.74, 6) is 0.426. The molecule has 26 heavy (non-hydrogen) atoms. The number of alkyl halides is 3. The maximum atomic E-state index is 13.4. The second kappa shape index (κ2) is 8.05. The number of hydrogen-bond donors (Lipinski definition) is 0. The third kappa shape index (κ3) is 4.82. The molecule has 0 spiro atoms. The van der Waals surface area contributed by atoms with E-state index in [2.05, 4.69) is 31.9 Å². The molecule has 0 radical (unpaired) electrons. The van der Waals surface area contributed by atoms with Gasteiger partial charge < -0.3 is 9.47 Å². The normalized spacial score (nSPS) is 13.3. The van der Waals surface area contributed by atoms with Crippen LogP contribution in [0.4, 0.5) is 13.2 Å². The van der Waals surface area contributed by atoms with Gasteiger partial charge >= 0.3 is 6.18 Å². The van der Waals surface area contributed by atoms with Gasteiger partial charge in [0.05, 0.1) is 3.39 Å². The first-order valence-electron chi connectivity index (χ1n) is 7.98. The van der Waals surface area contributed by atoms with Crippen molar-refractivity contribution in [2.75, 3.05) is 6.61 Å². The van der Waals surface area contributed by atoms with Crippen LogP contribution in [0.15, 0.2) is 45.9 Å². The molecule has 0 N–H and O–H groups in total. The molecule has 0 unspecified atom stereocenters. The van der Waals surface area contributed by atoms with Crippen LogP contribution in [-0.2, 0) is 19.0 Å². The van der Waals surface area contributed by atoms with Crippen LogP contribution in [0.25, 0.3) is 0 Å². The number of hydrogen-bond acceptors (Lipinski definition) is 2. The maximum Gasteiger partial charge on any atom is 0.420 e. The molecule has 1 aliphatic carbocycles. The van der Waals surface area contributed by atoms with Gasteiger partial charge in [0.1, 0.15) is 29.4 Å². The molecule has 0 atom stereocenters. The predicted molar refractivity (Wildman–Crippen MR) is 101 cm³/mol. The fourth-order valence-electron chi connectivity index (χ4n) is 2.86. The third-order valence-corrected chi connectivity index (χ3v) is 4.69. The first-order chi connectivity index (χ1) is 12.3. The summed E-state index contributed by atoms with van der Waals surface area (Å²) in [5, 5.41) is 0. The van der Waals surface area contributed by atoms with Crippen molar-refractivity contribution in [1.82, 2.24) is 0 Å². The molecule has 2 nitrogen and oxygen atoms in total. The molecule has 0 aromatic heterocycles. The summed E-state index contributed by atoms with van der Waals surface area (Å²) >= 11 is 6.26. The molecule has 0 heterocycles. The van der Waals surface area contributed by atoms with Crippen molar-refractivity contribution in [2.24, 2.45) is 0 Å². The van der Waals surface area contributed by atoms with Crippen LogP contribution in [0, 0.1) is 0 Å². The highest BCUT2D eigenvalue weighted by Gasteiger charge is 2.35. The minimum Gasteiger partial charge on any atom is -0.489 e. The van der Waals surface area contributed by atoms with Crippen LogP contribution in [-0.4, -0.2) is 6.61 Å². The number of ether oxygens (including phenoxy) is 2. The Morgan fingerprint density at radius 1 is 1.00 bits per heavy atom. The van der Waals surface area contributed by atoms with Crippen LogP contribution in [0.3, 0.4) is 0 Å². The Kier molecular flexibility index (Phi) is 5.97. The van der Waals surface area contributed by atoms with Gasteiger partial charge in [0.15, 0.2) is 0 Å². The van der Waals surface area contributed by atoms with Crippen molar-refractivity contribution in [3.8, 4) is 17.2 Å². The fourth-order valence-corrected chi connectivity index (χ4v) is 3.13. The molecule has 0 fully saturated rings. The topological polar surface area (TPSA) is 18.5 Å². The summed E-state index contributed by atoms with van der Waals surface area (Å²) in [7, 11) is 0. The highest BCUT2D eigenvalue weighted by molar-refractivity contribution is 9.28. The summed E-state index contributed by atoms with van der Waals surface area (Å²) in [4.78, 5) is 0. The summed E-state index contributed by atoms with van der Waals surface area (Å²) < 4.78 is 51.6. The summed E-state index contributed by atoms with van der Waals surface area (Å²) in [5.41, 5.74) is 1.61. The lowest BCUT2D eigenvalue weighted by molar-refractivity contribution is -0.138. The van der Waals surface area contributed by atoms with Crippen LogP contribution >= 0.6 is 31.9 Å². The largest absolute Gasteiger partial charge is 0.489 e. The highest BCUT2D eigenvalue weighted by atomic mass is 79.9. The molecule has 0 aliphatic heterocycles. The van der Waals surface area contributed by atoms with E-state index in [0.717, 1.165) is 25.3 Å². The van der Waals surface area contributed by atoms with Crippen molar-refractivity contribution in [2.45, 2.75) is 25.4 Å². The average molecular weight is 492 g/mol. The van der Waals surface area contributed by atoms with E-state index in [-0.39, 0.29) is 18.1 Å². The zero-order valence-corrected chi connectivity index (χ0v) is 16.7. The molecular weight excluding hydrogens is 477 g/mol. The van der Waals surface area contributed by atoms with Gasteiger partial charge in [0, 0.05) is 0 Å². The Bertz CT molecular complexity index is 828. The number of halogens is 5. The van der Waals surface area contributed by atoms with Crippen molar-refractivity contribution < 1.29 is 22.6 Å². The minimum atomic E-state index is -4.54. The van der Waals surface area contributed by atoms with Gasteiger partial charge in [-0.25, -0.2) is 0 Å². The molecule has 7 heteroatoms. The molecule has 0 saturated carbocycles. The first kappa shape index (κ1) is 19.3. The van der Waals surface area contributed by atoms with Crippen molar-refractivity contribution in [3.05, 3.63) is 62.6 Å². The van der Waals surface area contributed by atoms with Crippen molar-refractivity contribution in [1.29, 1.82) is 0 Å². The molecule has 2 aromatic carbocycles. The zero-order chi connectivity index (χ0) is 18.7. The molecule has 0 amide bonds. The fraction of sp³-hybridized carbons (Fsp3) is 0.263. The highest BCUT2D eigenvalue weighted by Crippen LogP contribution is 2.39. The van der Waals surface area contributed by atoms with E-state index in [1.54, 1.807) is 12.1 Å². The van der Waals surface area contributed by atoms with Gasteiger partial charge in [0.25, 0.3) is 0 Å². The standard InChI is InChI=1S/C19H15Br2F3O2/c20-18(21)8-9-25-17-7-6-15(11-16(17)19(22,23)24)26-14-5-4-12-2-1-3-13(12)10-14/h4-8,10-11H,1-3,9H2. The lowest BCUT2D eigenvalue weighted by Gasteiger charge is -2.15. The number of rotatable bonds is 5. The van der Waals surface area contributed by atoms with Crippen LogP contribution in [0.5, 0.6) is 17.2 Å². The van der Waals surface area contributed by atoms with E-state index < -0.39 is 11.7 Å². The summed E-state index contributed by atoms with van der Waals surface area (Å²) in [6.07, 6.45) is 0.141. The molecular formula is C19H15Br2F3O2. The molecule has 138 valence electrons. The second-order valence-electron chi connectivity index (χ2n) is 5.85. The molecule has 0 bridgehead atoms. The third-order valence-electron chi connectivity index (χ3n) is 4.04. The Labute approximate surface area is 166 Å². The van der Waals surface area contributed by atoms with E-state index in [4.69, 9.17) is 9.47 Å². The smallest absolute Gasteiger partial charge is 0.420 e. The van der Waals surface area contributed by atoms with Crippen LogP contribution in [0.2, 0.25) is 0 Å². The Morgan fingerprint density at radius 3 is 2.42 bits per heavy atom. The van der Waals surface area contributed by atoms with Gasteiger partial charge in [-0.3, -0.25) is 0 Å². The SMILES string of the molecule is FC(F)(F)c1cc(Oc2ccc3c(c2)CCC3)ccc1OCC=C(Br)Br. The monoisotopic (exact) mass is 490 g/mol. The Balaban J connectivity index is 1.83. The first-order valence-corrected chi connectivity index (χ1v) is 9.56. The maximum absolute atomic E-state index is 13.4. The molecule has 1 aliphatic rings. The summed E-state index contributed by atoms with van der Waals surface area (Å²) in [6.45, 7) is -0.0000602. The lowest BCUT2D eigenvalue weighted by atomic mass is 10.1. The van der Waals surface area contributed by atoms with E-state index >= 15 is 0 Å². The lowest BCUT2D eigenvalue weighted by Crippen LogP contribution is -2.09. The number of aryl methyl sites for hydroxylation is 2. The summed E-state index contributed by atoms with van der Waals surface area (Å²) in [6, 6.07) is 9.39. The second-order valence-corrected chi connectivity index (χ2v) is 8.62. The Morgan fingerprint density at radius 2 is 1.69 bits per heavy atom. The van der Waals surface area contributed by atoms with E-state index in [1.165, 1.54) is 23.3 Å². The number of benzene rings is 2. The van der Waals surface area contributed by atoms with Gasteiger partial charge in [0.2, 0.25) is 0 Å². The van der Waals surface area contributed by atoms with Crippen molar-refractivity contribution >= 4 is 31.9 Å². The molecule has 3 rings (SSSR count). The van der Waals surface area contributed by atoms with Gasteiger partial charge in [-0.05, 0) is 98.7 Å². The van der Waals surface area contributed by atoms with E-state index in [0.29, 0.717) is 9.14 Å². The van der Waals surface area contributed by atoms with Crippen LogP contribution < -0.4 is 9.47 Å². The quantitative estimate of drug-likeness (QED) is 0.448. The Hall–Kier alpha value is -1.47. The molecule has 0 saturated heterocycles. The van der Waals surface area contributed by atoms with Gasteiger partial charge in [-0.2, -0.15) is 13.2 Å². The van der Waals surface area contributed by atoms with Gasteiger partial charge in [-0.15, -0.1) is 0 Å².